The average Bonchev–Trinajstić information content (AvgIpc) is 2.67. The van der Waals surface area contributed by atoms with Gasteiger partial charge >= 0.3 is 0 Å². The molecule has 0 saturated heterocycles. The molecule has 4 aromatic rings. The fourth-order valence-electron chi connectivity index (χ4n) is 2.77. The van der Waals surface area contributed by atoms with Gasteiger partial charge in [-0.2, -0.15) is 0 Å². The van der Waals surface area contributed by atoms with Gasteiger partial charge in [-0.3, -0.25) is 14.0 Å². The zero-order chi connectivity index (χ0) is 18.1. The minimum Gasteiger partial charge on any atom is -0.348 e. The summed E-state index contributed by atoms with van der Waals surface area (Å²) < 4.78 is 1.40. The second-order valence-corrected chi connectivity index (χ2v) is 6.33. The largest absolute Gasteiger partial charge is 0.348 e. The van der Waals surface area contributed by atoms with Crippen LogP contribution in [0.5, 0.6) is 0 Å². The number of carbonyl (C=O) groups excluding carboxylic acids is 1. The summed E-state index contributed by atoms with van der Waals surface area (Å²) in [5.74, 6) is -0.262. The van der Waals surface area contributed by atoms with Crippen molar-refractivity contribution >= 4 is 34.1 Å². The van der Waals surface area contributed by atoms with Gasteiger partial charge in [0, 0.05) is 17.8 Å². The predicted molar refractivity (Wildman–Crippen MR) is 102 cm³/mol. The first kappa shape index (κ1) is 16.3. The Hall–Kier alpha value is -3.18. The van der Waals surface area contributed by atoms with E-state index >= 15 is 0 Å². The van der Waals surface area contributed by atoms with E-state index in [0.29, 0.717) is 33.7 Å². The lowest BCUT2D eigenvalue weighted by molar-refractivity contribution is 0.0950. The highest BCUT2D eigenvalue weighted by molar-refractivity contribution is 6.30. The third-order valence-electron chi connectivity index (χ3n) is 4.14. The van der Waals surface area contributed by atoms with E-state index in [-0.39, 0.29) is 11.5 Å². The number of fused-ring (bicyclic) bond motifs is 2. The third-order valence-corrected chi connectivity index (χ3v) is 4.40. The Labute approximate surface area is 153 Å². The molecule has 1 amide bonds. The lowest BCUT2D eigenvalue weighted by Gasteiger charge is -2.08. The third kappa shape index (κ3) is 3.05. The molecule has 0 fully saturated rings. The van der Waals surface area contributed by atoms with E-state index in [4.69, 9.17) is 11.6 Å². The van der Waals surface area contributed by atoms with Gasteiger partial charge in [0.15, 0.2) is 0 Å². The minimum absolute atomic E-state index is 0.196. The van der Waals surface area contributed by atoms with Gasteiger partial charge in [0.25, 0.3) is 11.5 Å². The van der Waals surface area contributed by atoms with Gasteiger partial charge in [-0.1, -0.05) is 35.9 Å². The summed E-state index contributed by atoms with van der Waals surface area (Å²) >= 11 is 5.86. The quantitative estimate of drug-likeness (QED) is 0.567. The standard InChI is InChI=1S/C20H14ClN3O2/c21-15-8-5-13(6-9-15)11-22-19(25)14-7-10-18-23-17-4-2-1-3-16(17)20(26)24(18)12-14/h1-10,12H,11H2,(H,22,25). The SMILES string of the molecule is O=C(NCc1ccc(Cl)cc1)c1ccc2nc3ccccc3c(=O)n2c1. The number of aromatic nitrogens is 2. The second-order valence-electron chi connectivity index (χ2n) is 5.89. The van der Waals surface area contributed by atoms with E-state index in [0.717, 1.165) is 5.56 Å². The van der Waals surface area contributed by atoms with E-state index in [1.807, 2.05) is 18.2 Å². The maximum absolute atomic E-state index is 12.7. The van der Waals surface area contributed by atoms with Crippen LogP contribution in [0, 0.1) is 0 Å². The van der Waals surface area contributed by atoms with Crippen molar-refractivity contribution in [3.63, 3.8) is 0 Å². The van der Waals surface area contributed by atoms with Crippen molar-refractivity contribution in [2.75, 3.05) is 0 Å². The lowest BCUT2D eigenvalue weighted by Crippen LogP contribution is -2.24. The first-order valence-corrected chi connectivity index (χ1v) is 8.43. The topological polar surface area (TPSA) is 63.5 Å². The molecule has 0 unspecified atom stereocenters. The molecule has 26 heavy (non-hydrogen) atoms. The van der Waals surface area contributed by atoms with Crippen molar-refractivity contribution in [1.82, 2.24) is 14.7 Å². The van der Waals surface area contributed by atoms with E-state index < -0.39 is 0 Å². The number of rotatable bonds is 3. The molecule has 0 spiro atoms. The molecule has 0 bridgehead atoms. The molecule has 0 aliphatic heterocycles. The number of para-hydroxylation sites is 1. The van der Waals surface area contributed by atoms with Crippen LogP contribution >= 0.6 is 11.6 Å². The Kier molecular flexibility index (Phi) is 4.14. The molecule has 2 aromatic carbocycles. The van der Waals surface area contributed by atoms with E-state index in [9.17, 15) is 9.59 Å². The Morgan fingerprint density at radius 1 is 1.04 bits per heavy atom. The molecule has 0 aliphatic carbocycles. The van der Waals surface area contributed by atoms with Gasteiger partial charge < -0.3 is 5.32 Å². The summed E-state index contributed by atoms with van der Waals surface area (Å²) in [5.41, 5.74) is 2.28. The van der Waals surface area contributed by atoms with E-state index in [1.54, 1.807) is 42.5 Å². The summed E-state index contributed by atoms with van der Waals surface area (Å²) in [5, 5.41) is 4.00. The molecule has 0 saturated carbocycles. The molecule has 6 heteroatoms. The second kappa shape index (κ2) is 6.61. The van der Waals surface area contributed by atoms with Crippen LogP contribution in [0.4, 0.5) is 0 Å². The number of hydrogen-bond donors (Lipinski definition) is 1. The molecule has 1 N–H and O–H groups in total. The van der Waals surface area contributed by atoms with Gasteiger partial charge in [0.05, 0.1) is 16.5 Å². The highest BCUT2D eigenvalue weighted by Gasteiger charge is 2.10. The molecule has 0 aliphatic rings. The minimum atomic E-state index is -0.262. The van der Waals surface area contributed by atoms with Crippen molar-refractivity contribution in [3.05, 3.63) is 93.4 Å². The summed E-state index contributed by atoms with van der Waals surface area (Å²) in [6.45, 7) is 0.374. The van der Waals surface area contributed by atoms with Crippen molar-refractivity contribution in [2.45, 2.75) is 6.54 Å². The molecular weight excluding hydrogens is 350 g/mol. The molecule has 5 nitrogen and oxygen atoms in total. The van der Waals surface area contributed by atoms with E-state index in [1.165, 1.54) is 10.6 Å². The van der Waals surface area contributed by atoms with Crippen molar-refractivity contribution in [3.8, 4) is 0 Å². The van der Waals surface area contributed by atoms with Crippen LogP contribution in [0.1, 0.15) is 15.9 Å². The van der Waals surface area contributed by atoms with Crippen LogP contribution in [0.15, 0.2) is 71.7 Å². The summed E-state index contributed by atoms with van der Waals surface area (Å²) in [7, 11) is 0. The maximum Gasteiger partial charge on any atom is 0.265 e. The Morgan fingerprint density at radius 3 is 2.62 bits per heavy atom. The van der Waals surface area contributed by atoms with Crippen LogP contribution in [-0.4, -0.2) is 15.3 Å². The van der Waals surface area contributed by atoms with Crippen LogP contribution in [0.3, 0.4) is 0 Å². The number of carbonyl (C=O) groups is 1. The predicted octanol–water partition coefficient (Wildman–Crippen LogP) is 3.43. The van der Waals surface area contributed by atoms with Gasteiger partial charge in [0.2, 0.25) is 0 Å². The monoisotopic (exact) mass is 363 g/mol. The average molecular weight is 364 g/mol. The molecule has 2 heterocycles. The van der Waals surface area contributed by atoms with Gasteiger partial charge in [-0.15, -0.1) is 0 Å². The van der Waals surface area contributed by atoms with Crippen molar-refractivity contribution in [1.29, 1.82) is 0 Å². The van der Waals surface area contributed by atoms with Crippen molar-refractivity contribution < 1.29 is 4.79 Å². The lowest BCUT2D eigenvalue weighted by atomic mass is 10.2. The number of pyridine rings is 1. The molecule has 128 valence electrons. The maximum atomic E-state index is 12.7. The number of hydrogen-bond acceptors (Lipinski definition) is 3. The first-order chi connectivity index (χ1) is 12.6. The Bertz CT molecular complexity index is 1180. The normalized spacial score (nSPS) is 11.0. The first-order valence-electron chi connectivity index (χ1n) is 8.06. The Morgan fingerprint density at radius 2 is 1.81 bits per heavy atom. The molecular formula is C20H14ClN3O2. The van der Waals surface area contributed by atoms with Crippen LogP contribution in [0.25, 0.3) is 16.6 Å². The smallest absolute Gasteiger partial charge is 0.265 e. The molecule has 0 atom stereocenters. The zero-order valence-corrected chi connectivity index (χ0v) is 14.4. The van der Waals surface area contributed by atoms with Crippen LogP contribution in [0.2, 0.25) is 5.02 Å². The zero-order valence-electron chi connectivity index (χ0n) is 13.6. The van der Waals surface area contributed by atoms with Crippen molar-refractivity contribution in [2.24, 2.45) is 0 Å². The van der Waals surface area contributed by atoms with Gasteiger partial charge in [-0.25, -0.2) is 4.98 Å². The molecule has 4 rings (SSSR count). The highest BCUT2D eigenvalue weighted by atomic mass is 35.5. The van der Waals surface area contributed by atoms with Crippen LogP contribution < -0.4 is 10.9 Å². The van der Waals surface area contributed by atoms with Crippen LogP contribution in [-0.2, 0) is 6.54 Å². The number of nitrogens with one attached hydrogen (secondary N) is 1. The number of amides is 1. The van der Waals surface area contributed by atoms with E-state index in [2.05, 4.69) is 10.3 Å². The van der Waals surface area contributed by atoms with Gasteiger partial charge in [0.1, 0.15) is 5.65 Å². The summed E-state index contributed by atoms with van der Waals surface area (Å²) in [6, 6.07) is 17.7. The number of benzene rings is 2. The fraction of sp³-hybridized carbons (Fsp3) is 0.0500. The number of nitrogens with zero attached hydrogens (tertiary/aromatic N) is 2. The summed E-state index contributed by atoms with van der Waals surface area (Å²) in [4.78, 5) is 29.5. The fourth-order valence-corrected chi connectivity index (χ4v) is 2.90. The molecule has 2 aromatic heterocycles. The highest BCUT2D eigenvalue weighted by Crippen LogP contribution is 2.11. The van der Waals surface area contributed by atoms with Gasteiger partial charge in [-0.05, 0) is 42.0 Å². The number of halogens is 1. The molecule has 0 radical (unpaired) electrons. The summed E-state index contributed by atoms with van der Waals surface area (Å²) in [6.07, 6.45) is 1.52. The Balaban J connectivity index is 1.65.